The number of rotatable bonds is 8. The highest BCUT2D eigenvalue weighted by atomic mass is 16.3. The Kier molecular flexibility index (Phi) is 5.59. The van der Waals surface area contributed by atoms with Gasteiger partial charge in [0.15, 0.2) is 0 Å². The number of furan rings is 1. The van der Waals surface area contributed by atoms with Crippen LogP contribution in [0.2, 0.25) is 0 Å². The van der Waals surface area contributed by atoms with Crippen molar-refractivity contribution >= 4 is 5.91 Å². The molecule has 3 rings (SSSR count). The number of aryl methyl sites for hydroxylation is 3. The second-order valence-corrected chi connectivity index (χ2v) is 7.16. The van der Waals surface area contributed by atoms with Crippen LogP contribution in [0.3, 0.4) is 0 Å². The quantitative estimate of drug-likeness (QED) is 0.733. The van der Waals surface area contributed by atoms with Gasteiger partial charge in [0.05, 0.1) is 6.26 Å². The van der Waals surface area contributed by atoms with Crippen molar-refractivity contribution in [2.24, 2.45) is 0 Å². The first-order valence-electron chi connectivity index (χ1n) is 9.15. The van der Waals surface area contributed by atoms with Crippen molar-refractivity contribution in [2.45, 2.75) is 39.7 Å². The van der Waals surface area contributed by atoms with Gasteiger partial charge in [-0.05, 0) is 81.7 Å². The molecule has 0 saturated carbocycles. The molecule has 2 heterocycles. The minimum Gasteiger partial charge on any atom is -0.469 e. The second kappa shape index (κ2) is 7.87. The predicted molar refractivity (Wildman–Crippen MR) is 99.8 cm³/mol. The Morgan fingerprint density at radius 3 is 2.68 bits per heavy atom. The number of carbonyl (C=O) groups is 1. The third kappa shape index (κ3) is 4.31. The highest BCUT2D eigenvalue weighted by molar-refractivity contribution is 5.98. The molecule has 0 spiro atoms. The molecule has 25 heavy (non-hydrogen) atoms. The lowest BCUT2D eigenvalue weighted by Crippen LogP contribution is -2.29. The third-order valence-electron chi connectivity index (χ3n) is 5.11. The topological polar surface area (TPSA) is 36.7 Å². The number of fused-ring (bicyclic) bond motifs is 1. The van der Waals surface area contributed by atoms with E-state index in [4.69, 9.17) is 4.42 Å². The predicted octanol–water partition coefficient (Wildman–Crippen LogP) is 3.81. The number of hydrogen-bond acceptors (Lipinski definition) is 3. The average molecular weight is 340 g/mol. The third-order valence-corrected chi connectivity index (χ3v) is 5.11. The molecule has 134 valence electrons. The van der Waals surface area contributed by atoms with Gasteiger partial charge in [0.1, 0.15) is 5.76 Å². The fraction of sp³-hybridized carbons (Fsp3) is 0.476. The van der Waals surface area contributed by atoms with Gasteiger partial charge in [-0.25, -0.2) is 0 Å². The SMILES string of the molecule is Cc1cc2c(cc1C)C(=O)N(CCCN(C)CCCc1ccco1)C2. The van der Waals surface area contributed by atoms with E-state index in [0.717, 1.165) is 56.8 Å². The summed E-state index contributed by atoms with van der Waals surface area (Å²) in [7, 11) is 2.15. The first-order chi connectivity index (χ1) is 12.0. The molecule has 0 fully saturated rings. The van der Waals surface area contributed by atoms with Gasteiger partial charge in [0, 0.05) is 25.1 Å². The minimum atomic E-state index is 0.193. The number of hydrogen-bond donors (Lipinski definition) is 0. The van der Waals surface area contributed by atoms with Gasteiger partial charge in [-0.15, -0.1) is 0 Å². The molecule has 0 unspecified atom stereocenters. The summed E-state index contributed by atoms with van der Waals surface area (Å²) in [4.78, 5) is 16.9. The molecular formula is C21H28N2O2. The van der Waals surface area contributed by atoms with Gasteiger partial charge in [-0.1, -0.05) is 6.07 Å². The van der Waals surface area contributed by atoms with E-state index in [1.165, 1.54) is 16.7 Å². The van der Waals surface area contributed by atoms with Crippen molar-refractivity contribution in [1.29, 1.82) is 0 Å². The summed E-state index contributed by atoms with van der Waals surface area (Å²) in [5.41, 5.74) is 4.55. The van der Waals surface area contributed by atoms with Crippen molar-refractivity contribution in [3.8, 4) is 0 Å². The summed E-state index contributed by atoms with van der Waals surface area (Å²) in [5, 5.41) is 0. The van der Waals surface area contributed by atoms with Gasteiger partial charge in [0.2, 0.25) is 0 Å². The summed E-state index contributed by atoms with van der Waals surface area (Å²) in [6, 6.07) is 8.18. The van der Waals surface area contributed by atoms with Crippen LogP contribution >= 0.6 is 0 Å². The zero-order chi connectivity index (χ0) is 17.8. The Hall–Kier alpha value is -2.07. The van der Waals surface area contributed by atoms with E-state index in [0.29, 0.717) is 0 Å². The number of nitrogens with zero attached hydrogens (tertiary/aromatic N) is 2. The monoisotopic (exact) mass is 340 g/mol. The molecule has 0 radical (unpaired) electrons. The van der Waals surface area contributed by atoms with E-state index in [1.807, 2.05) is 23.1 Å². The maximum absolute atomic E-state index is 12.5. The highest BCUT2D eigenvalue weighted by Gasteiger charge is 2.27. The van der Waals surface area contributed by atoms with E-state index in [-0.39, 0.29) is 5.91 Å². The fourth-order valence-electron chi connectivity index (χ4n) is 3.46. The normalized spacial score (nSPS) is 13.8. The molecule has 1 aromatic carbocycles. The smallest absolute Gasteiger partial charge is 0.254 e. The Morgan fingerprint density at radius 2 is 1.92 bits per heavy atom. The van der Waals surface area contributed by atoms with Crippen LogP contribution in [0.15, 0.2) is 34.9 Å². The van der Waals surface area contributed by atoms with E-state index in [2.05, 4.69) is 31.9 Å². The molecule has 2 aromatic rings. The standard InChI is InChI=1S/C21H28N2O2/c1-16-13-18-15-23(21(24)20(18)14-17(16)2)11-6-10-22(3)9-4-7-19-8-5-12-25-19/h5,8,12-14H,4,6-7,9-11,15H2,1-3H3. The molecule has 4 heteroatoms. The molecule has 0 aliphatic carbocycles. The van der Waals surface area contributed by atoms with Crippen LogP contribution in [-0.2, 0) is 13.0 Å². The van der Waals surface area contributed by atoms with Gasteiger partial charge in [-0.3, -0.25) is 4.79 Å². The van der Waals surface area contributed by atoms with Gasteiger partial charge >= 0.3 is 0 Å². The van der Waals surface area contributed by atoms with Crippen molar-refractivity contribution in [2.75, 3.05) is 26.7 Å². The zero-order valence-electron chi connectivity index (χ0n) is 15.5. The zero-order valence-corrected chi connectivity index (χ0v) is 15.5. The molecule has 0 atom stereocenters. The van der Waals surface area contributed by atoms with Gasteiger partial charge < -0.3 is 14.2 Å². The summed E-state index contributed by atoms with van der Waals surface area (Å²) < 4.78 is 5.36. The van der Waals surface area contributed by atoms with Crippen LogP contribution in [-0.4, -0.2) is 42.4 Å². The largest absolute Gasteiger partial charge is 0.469 e. The van der Waals surface area contributed by atoms with Crippen molar-refractivity contribution in [3.63, 3.8) is 0 Å². The minimum absolute atomic E-state index is 0.193. The Morgan fingerprint density at radius 1 is 1.16 bits per heavy atom. The van der Waals surface area contributed by atoms with Crippen molar-refractivity contribution in [3.05, 3.63) is 58.5 Å². The Balaban J connectivity index is 1.40. The van der Waals surface area contributed by atoms with Crippen LogP contribution in [0.5, 0.6) is 0 Å². The average Bonchev–Trinajstić information content (AvgIpc) is 3.18. The van der Waals surface area contributed by atoms with Crippen LogP contribution in [0.1, 0.15) is 45.7 Å². The lowest BCUT2D eigenvalue weighted by atomic mass is 10.0. The van der Waals surface area contributed by atoms with E-state index in [9.17, 15) is 4.79 Å². The molecule has 1 amide bonds. The van der Waals surface area contributed by atoms with Gasteiger partial charge in [-0.2, -0.15) is 0 Å². The number of amides is 1. The van der Waals surface area contributed by atoms with Crippen LogP contribution in [0.4, 0.5) is 0 Å². The maximum Gasteiger partial charge on any atom is 0.254 e. The molecule has 0 bridgehead atoms. The van der Waals surface area contributed by atoms with Crippen LogP contribution in [0.25, 0.3) is 0 Å². The van der Waals surface area contributed by atoms with E-state index < -0.39 is 0 Å². The molecule has 0 saturated heterocycles. The molecule has 1 aromatic heterocycles. The lowest BCUT2D eigenvalue weighted by molar-refractivity contribution is 0.0772. The summed E-state index contributed by atoms with van der Waals surface area (Å²) >= 11 is 0. The van der Waals surface area contributed by atoms with Crippen LogP contribution < -0.4 is 0 Å². The molecule has 0 N–H and O–H groups in total. The highest BCUT2D eigenvalue weighted by Crippen LogP contribution is 2.25. The number of carbonyl (C=O) groups excluding carboxylic acids is 1. The van der Waals surface area contributed by atoms with E-state index in [1.54, 1.807) is 6.26 Å². The van der Waals surface area contributed by atoms with E-state index >= 15 is 0 Å². The maximum atomic E-state index is 12.5. The summed E-state index contributed by atoms with van der Waals surface area (Å²) in [5.74, 6) is 1.25. The molecule has 4 nitrogen and oxygen atoms in total. The second-order valence-electron chi connectivity index (χ2n) is 7.16. The van der Waals surface area contributed by atoms with Crippen molar-refractivity contribution in [1.82, 2.24) is 9.80 Å². The fourth-order valence-corrected chi connectivity index (χ4v) is 3.46. The lowest BCUT2D eigenvalue weighted by Gasteiger charge is -2.19. The van der Waals surface area contributed by atoms with Gasteiger partial charge in [0.25, 0.3) is 5.91 Å². The molecule has 1 aliphatic rings. The molecule has 1 aliphatic heterocycles. The van der Waals surface area contributed by atoms with Crippen molar-refractivity contribution < 1.29 is 9.21 Å². The Bertz CT molecular complexity index is 722. The number of benzene rings is 1. The first kappa shape index (κ1) is 17.7. The summed E-state index contributed by atoms with van der Waals surface area (Å²) in [6.07, 6.45) is 4.81. The summed E-state index contributed by atoms with van der Waals surface area (Å²) in [6.45, 7) is 7.83. The Labute approximate surface area is 150 Å². The van der Waals surface area contributed by atoms with Crippen LogP contribution in [0, 0.1) is 13.8 Å². The molecular weight excluding hydrogens is 312 g/mol. The first-order valence-corrected chi connectivity index (χ1v) is 9.15.